The lowest BCUT2D eigenvalue weighted by Gasteiger charge is -2.35. The number of thiazole rings is 1. The van der Waals surface area contributed by atoms with Crippen molar-refractivity contribution in [2.24, 2.45) is 5.73 Å². The number of aromatic nitrogens is 1. The van der Waals surface area contributed by atoms with Gasteiger partial charge in [-0.3, -0.25) is 4.79 Å². The molecular weight excluding hydrogens is 415 g/mol. The van der Waals surface area contributed by atoms with Gasteiger partial charge in [-0.25, -0.2) is 4.98 Å². The Hall–Kier alpha value is -1.05. The van der Waals surface area contributed by atoms with E-state index in [1.807, 2.05) is 24.3 Å². The third-order valence-electron chi connectivity index (χ3n) is 4.09. The Bertz CT molecular complexity index is 713. The molecule has 1 fully saturated rings. The largest absolute Gasteiger partial charge is 0.368 e. The van der Waals surface area contributed by atoms with Gasteiger partial charge in [-0.15, -0.1) is 36.2 Å². The fourth-order valence-corrected chi connectivity index (χ4v) is 3.98. The highest BCUT2D eigenvalue weighted by molar-refractivity contribution is 7.09. The van der Waals surface area contributed by atoms with Crippen LogP contribution in [0.1, 0.15) is 28.3 Å². The summed E-state index contributed by atoms with van der Waals surface area (Å²) in [4.78, 5) is 19.0. The zero-order valence-corrected chi connectivity index (χ0v) is 17.4. The van der Waals surface area contributed by atoms with Crippen LogP contribution in [0.2, 0.25) is 5.02 Å². The Balaban J connectivity index is 0.00000169. The van der Waals surface area contributed by atoms with Crippen LogP contribution in [0.4, 0.5) is 5.69 Å². The number of carbonyl (C=O) groups excluding carboxylic acids is 1. The Morgan fingerprint density at radius 1 is 1.38 bits per heavy atom. The van der Waals surface area contributed by atoms with E-state index in [9.17, 15) is 4.79 Å². The maximum atomic E-state index is 12.4. The number of anilines is 1. The van der Waals surface area contributed by atoms with E-state index in [0.717, 1.165) is 41.6 Å². The lowest BCUT2D eigenvalue weighted by atomic mass is 10.0. The molecule has 1 amide bonds. The molecule has 1 aliphatic rings. The molecule has 3 rings (SSSR count). The summed E-state index contributed by atoms with van der Waals surface area (Å²) in [6.45, 7) is 2.26. The number of hydrogen-bond acceptors (Lipinski definition) is 5. The Morgan fingerprint density at radius 2 is 2.15 bits per heavy atom. The van der Waals surface area contributed by atoms with Crippen molar-refractivity contribution in [1.29, 1.82) is 0 Å². The van der Waals surface area contributed by atoms with Gasteiger partial charge in [0.15, 0.2) is 0 Å². The molecule has 26 heavy (non-hydrogen) atoms. The summed E-state index contributed by atoms with van der Waals surface area (Å²) in [6.07, 6.45) is 2.69. The van der Waals surface area contributed by atoms with Gasteiger partial charge < -0.3 is 16.0 Å². The van der Waals surface area contributed by atoms with E-state index in [2.05, 4.69) is 15.2 Å². The molecule has 2 aromatic rings. The summed E-state index contributed by atoms with van der Waals surface area (Å²) in [5.74, 6) is -0.111. The van der Waals surface area contributed by atoms with Crippen molar-refractivity contribution in [3.63, 3.8) is 0 Å². The number of piperidine rings is 1. The first-order chi connectivity index (χ1) is 11.7. The van der Waals surface area contributed by atoms with Gasteiger partial charge >= 0.3 is 0 Å². The molecule has 0 aliphatic carbocycles. The van der Waals surface area contributed by atoms with Crippen molar-refractivity contribution in [2.75, 3.05) is 24.5 Å². The number of rotatable bonds is 5. The molecular formula is C17H23Cl3N4OS. The first-order valence-corrected chi connectivity index (χ1v) is 9.38. The quantitative estimate of drug-likeness (QED) is 0.750. The van der Waals surface area contributed by atoms with Crippen LogP contribution in [0.15, 0.2) is 29.6 Å². The van der Waals surface area contributed by atoms with Crippen molar-refractivity contribution >= 4 is 59.3 Å². The first kappa shape index (κ1) is 23.0. The van der Waals surface area contributed by atoms with E-state index in [1.54, 1.807) is 5.38 Å². The van der Waals surface area contributed by atoms with Crippen LogP contribution in [0.25, 0.3) is 0 Å². The monoisotopic (exact) mass is 436 g/mol. The molecule has 3 N–H and O–H groups in total. The topological polar surface area (TPSA) is 71.2 Å². The SMILES string of the molecule is Cl.Cl.NCCc1nc(C(=O)NC2CCCN(c3ccccc3Cl)C2)cs1. The van der Waals surface area contributed by atoms with Crippen LogP contribution in [0, 0.1) is 0 Å². The molecule has 1 unspecified atom stereocenters. The van der Waals surface area contributed by atoms with Crippen LogP contribution in [-0.4, -0.2) is 36.6 Å². The van der Waals surface area contributed by atoms with Crippen molar-refractivity contribution in [1.82, 2.24) is 10.3 Å². The minimum Gasteiger partial charge on any atom is -0.368 e. The minimum absolute atomic E-state index is 0. The predicted octanol–water partition coefficient (Wildman–Crippen LogP) is 3.54. The number of benzene rings is 1. The van der Waals surface area contributed by atoms with Gasteiger partial charge in [-0.05, 0) is 31.5 Å². The smallest absolute Gasteiger partial charge is 0.271 e. The second-order valence-electron chi connectivity index (χ2n) is 5.88. The van der Waals surface area contributed by atoms with Gasteiger partial charge in [0.2, 0.25) is 0 Å². The van der Waals surface area contributed by atoms with E-state index >= 15 is 0 Å². The molecule has 0 spiro atoms. The number of nitrogens with zero attached hydrogens (tertiary/aromatic N) is 2. The molecule has 1 aromatic carbocycles. The molecule has 0 radical (unpaired) electrons. The van der Waals surface area contributed by atoms with Gasteiger partial charge in [0.1, 0.15) is 5.69 Å². The average Bonchev–Trinajstić information content (AvgIpc) is 3.05. The lowest BCUT2D eigenvalue weighted by molar-refractivity contribution is 0.0928. The van der Waals surface area contributed by atoms with Gasteiger partial charge in [-0.1, -0.05) is 23.7 Å². The molecule has 2 heterocycles. The third kappa shape index (κ3) is 5.72. The number of nitrogens with two attached hydrogens (primary N) is 1. The van der Waals surface area contributed by atoms with Gasteiger partial charge in [0.25, 0.3) is 5.91 Å². The third-order valence-corrected chi connectivity index (χ3v) is 5.32. The van der Waals surface area contributed by atoms with Crippen LogP contribution < -0.4 is 16.0 Å². The van der Waals surface area contributed by atoms with Crippen molar-refractivity contribution < 1.29 is 4.79 Å². The summed E-state index contributed by atoms with van der Waals surface area (Å²) in [5, 5.41) is 6.55. The molecule has 5 nitrogen and oxygen atoms in total. The Labute approximate surface area is 175 Å². The number of hydrogen-bond donors (Lipinski definition) is 2. The van der Waals surface area contributed by atoms with Gasteiger partial charge in [-0.2, -0.15) is 0 Å². The summed E-state index contributed by atoms with van der Waals surface area (Å²) >= 11 is 7.78. The van der Waals surface area contributed by atoms with E-state index in [4.69, 9.17) is 17.3 Å². The van der Waals surface area contributed by atoms with Gasteiger partial charge in [0, 0.05) is 30.9 Å². The van der Waals surface area contributed by atoms with Crippen LogP contribution in [0.5, 0.6) is 0 Å². The van der Waals surface area contributed by atoms with E-state index in [1.165, 1.54) is 11.3 Å². The number of para-hydroxylation sites is 1. The highest BCUT2D eigenvalue weighted by Crippen LogP contribution is 2.27. The maximum absolute atomic E-state index is 12.4. The molecule has 1 atom stereocenters. The highest BCUT2D eigenvalue weighted by Gasteiger charge is 2.24. The molecule has 9 heteroatoms. The number of halogens is 3. The molecule has 1 aliphatic heterocycles. The van der Waals surface area contributed by atoms with Gasteiger partial charge in [0.05, 0.1) is 15.7 Å². The normalized spacial score (nSPS) is 16.4. The number of nitrogens with one attached hydrogen (secondary N) is 1. The van der Waals surface area contributed by atoms with E-state index < -0.39 is 0 Å². The zero-order valence-electron chi connectivity index (χ0n) is 14.2. The molecule has 0 bridgehead atoms. The zero-order chi connectivity index (χ0) is 16.9. The van der Waals surface area contributed by atoms with Crippen molar-refractivity contribution in [3.05, 3.63) is 45.4 Å². The van der Waals surface area contributed by atoms with Crippen LogP contribution >= 0.6 is 47.8 Å². The first-order valence-electron chi connectivity index (χ1n) is 8.12. The van der Waals surface area contributed by atoms with Crippen molar-refractivity contribution in [2.45, 2.75) is 25.3 Å². The second-order valence-corrected chi connectivity index (χ2v) is 7.23. The van der Waals surface area contributed by atoms with Crippen LogP contribution in [0.3, 0.4) is 0 Å². The Kier molecular flexibility index (Phi) is 9.68. The predicted molar refractivity (Wildman–Crippen MR) is 114 cm³/mol. The summed E-state index contributed by atoms with van der Waals surface area (Å²) in [5.41, 5.74) is 7.04. The standard InChI is InChI=1S/C17H21ClN4OS.2ClH/c18-13-5-1-2-6-15(13)22-9-3-4-12(10-22)20-17(23)14-11-24-16(21-14)7-8-19;;/h1-2,5-6,11-12H,3-4,7-10,19H2,(H,20,23);2*1H. The summed E-state index contributed by atoms with van der Waals surface area (Å²) in [6, 6.07) is 7.93. The minimum atomic E-state index is -0.111. The number of amides is 1. The fourth-order valence-electron chi connectivity index (χ4n) is 2.93. The lowest BCUT2D eigenvalue weighted by Crippen LogP contribution is -2.48. The molecule has 1 saturated heterocycles. The highest BCUT2D eigenvalue weighted by atomic mass is 35.5. The maximum Gasteiger partial charge on any atom is 0.271 e. The number of carbonyl (C=O) groups is 1. The van der Waals surface area contributed by atoms with E-state index in [0.29, 0.717) is 18.7 Å². The Morgan fingerprint density at radius 3 is 2.88 bits per heavy atom. The second kappa shape index (κ2) is 10.9. The summed E-state index contributed by atoms with van der Waals surface area (Å²) < 4.78 is 0. The van der Waals surface area contributed by atoms with E-state index in [-0.39, 0.29) is 36.8 Å². The molecule has 144 valence electrons. The van der Waals surface area contributed by atoms with Crippen LogP contribution in [-0.2, 0) is 6.42 Å². The van der Waals surface area contributed by atoms with Crippen molar-refractivity contribution in [3.8, 4) is 0 Å². The molecule has 0 saturated carbocycles. The summed E-state index contributed by atoms with van der Waals surface area (Å²) in [7, 11) is 0. The average molecular weight is 438 g/mol. The fraction of sp³-hybridized carbons (Fsp3) is 0.412. The molecule has 1 aromatic heterocycles.